The summed E-state index contributed by atoms with van der Waals surface area (Å²) in [5, 5.41) is 7.31. The molecule has 0 N–H and O–H groups in total. The van der Waals surface area contributed by atoms with Crippen LogP contribution in [0.3, 0.4) is 0 Å². The van der Waals surface area contributed by atoms with E-state index in [1.54, 1.807) is 0 Å². The predicted molar refractivity (Wildman–Crippen MR) is 229 cm³/mol. The van der Waals surface area contributed by atoms with Crippen LogP contribution in [0.15, 0.2) is 170 Å². The van der Waals surface area contributed by atoms with Gasteiger partial charge in [0.1, 0.15) is 23.0 Å². The van der Waals surface area contributed by atoms with Crippen molar-refractivity contribution in [1.29, 1.82) is 0 Å². The SMILES string of the molecule is CC1(C)c2c(cc3c4c2Oc2ccc5ccccc5c2B4c2c(ccc4ccccc24)O3)-c2ccc3cc(N(c4ccccc4)c4ccccc4)ccc3c21. The van der Waals surface area contributed by atoms with Crippen molar-refractivity contribution in [2.75, 3.05) is 4.90 Å². The van der Waals surface area contributed by atoms with Gasteiger partial charge in [-0.25, -0.2) is 0 Å². The molecule has 3 aliphatic rings. The first-order valence-corrected chi connectivity index (χ1v) is 19.1. The lowest BCUT2D eigenvalue weighted by atomic mass is 9.33. The van der Waals surface area contributed by atoms with E-state index < -0.39 is 0 Å². The normalized spacial score (nSPS) is 14.0. The number of benzene rings is 9. The molecule has 9 aromatic carbocycles. The second kappa shape index (κ2) is 11.1. The smallest absolute Gasteiger partial charge is 0.262 e. The van der Waals surface area contributed by atoms with Gasteiger partial charge >= 0.3 is 0 Å². The van der Waals surface area contributed by atoms with E-state index in [2.05, 4.69) is 189 Å². The molecule has 4 heteroatoms. The van der Waals surface area contributed by atoms with Crippen molar-refractivity contribution in [3.05, 3.63) is 181 Å². The second-order valence-corrected chi connectivity index (χ2v) is 15.6. The van der Waals surface area contributed by atoms with Crippen molar-refractivity contribution in [2.45, 2.75) is 19.3 Å². The Bertz CT molecular complexity index is 3000. The maximum atomic E-state index is 7.24. The topological polar surface area (TPSA) is 21.7 Å². The lowest BCUT2D eigenvalue weighted by molar-refractivity contribution is 0.454. The third kappa shape index (κ3) is 4.22. The minimum atomic E-state index is -0.355. The zero-order valence-corrected chi connectivity index (χ0v) is 30.5. The van der Waals surface area contributed by atoms with Gasteiger partial charge in [-0.3, -0.25) is 0 Å². The van der Waals surface area contributed by atoms with Gasteiger partial charge in [-0.2, -0.15) is 0 Å². The molecule has 2 heterocycles. The van der Waals surface area contributed by atoms with Crippen LogP contribution in [-0.4, -0.2) is 6.71 Å². The van der Waals surface area contributed by atoms with E-state index >= 15 is 0 Å². The van der Waals surface area contributed by atoms with E-state index in [0.29, 0.717) is 0 Å². The first-order chi connectivity index (χ1) is 27.0. The van der Waals surface area contributed by atoms with E-state index in [9.17, 15) is 0 Å². The van der Waals surface area contributed by atoms with Gasteiger partial charge in [0.2, 0.25) is 0 Å². The molecule has 0 fully saturated rings. The minimum absolute atomic E-state index is 0.0548. The number of anilines is 3. The highest BCUT2D eigenvalue weighted by molar-refractivity contribution is 7.01. The average Bonchev–Trinajstić information content (AvgIpc) is 3.47. The summed E-state index contributed by atoms with van der Waals surface area (Å²) in [7, 11) is 0. The second-order valence-electron chi connectivity index (χ2n) is 15.6. The highest BCUT2D eigenvalue weighted by Crippen LogP contribution is 2.57. The molecular formula is C51H34BNO2. The largest absolute Gasteiger partial charge is 0.458 e. The molecule has 0 spiro atoms. The molecule has 9 aromatic rings. The molecule has 0 amide bonds. The van der Waals surface area contributed by atoms with E-state index in [1.807, 2.05) is 0 Å². The fourth-order valence-corrected chi connectivity index (χ4v) is 10.0. The van der Waals surface area contributed by atoms with Gasteiger partial charge in [0.05, 0.1) is 0 Å². The summed E-state index contributed by atoms with van der Waals surface area (Å²) in [6.45, 7) is 4.69. The lowest BCUT2D eigenvalue weighted by Gasteiger charge is -2.37. The van der Waals surface area contributed by atoms with Crippen LogP contribution in [0.1, 0.15) is 25.0 Å². The van der Waals surface area contributed by atoms with Gasteiger partial charge in [-0.1, -0.05) is 129 Å². The molecule has 0 aromatic heterocycles. The fraction of sp³-hybridized carbons (Fsp3) is 0.0588. The van der Waals surface area contributed by atoms with Gasteiger partial charge in [0.15, 0.2) is 0 Å². The van der Waals surface area contributed by atoms with Crippen LogP contribution in [0, 0.1) is 0 Å². The zero-order chi connectivity index (χ0) is 36.4. The number of fused-ring (bicyclic) bond motifs is 14. The first kappa shape index (κ1) is 30.7. The van der Waals surface area contributed by atoms with Crippen LogP contribution in [-0.2, 0) is 5.41 Å². The standard InChI is InChI=1S/C51H34BNO2/c1-51(2)45-37-26-24-36(53(34-15-5-3-6-16-34)35-17-7-4-8-18-35)29-33(37)21-25-40(45)41-30-44-49-50(46(41)51)55-43-28-23-32-14-10-12-20-39(32)48(43)52(49)47-38-19-11-9-13-31(38)22-27-42(47)54-44/h3-30H,1-2H3. The molecule has 258 valence electrons. The highest BCUT2D eigenvalue weighted by atomic mass is 16.5. The van der Waals surface area contributed by atoms with Crippen molar-refractivity contribution < 1.29 is 9.47 Å². The minimum Gasteiger partial charge on any atom is -0.458 e. The fourth-order valence-electron chi connectivity index (χ4n) is 10.0. The quantitative estimate of drug-likeness (QED) is 0.171. The van der Waals surface area contributed by atoms with E-state index in [4.69, 9.17) is 9.47 Å². The molecule has 12 rings (SSSR count). The van der Waals surface area contributed by atoms with Crippen LogP contribution >= 0.6 is 0 Å². The Morgan fingerprint density at radius 1 is 0.418 bits per heavy atom. The Morgan fingerprint density at radius 3 is 1.65 bits per heavy atom. The van der Waals surface area contributed by atoms with Gasteiger partial charge in [-0.15, -0.1) is 0 Å². The predicted octanol–water partition coefficient (Wildman–Crippen LogP) is 11.6. The molecule has 1 aliphatic carbocycles. The van der Waals surface area contributed by atoms with Crippen molar-refractivity contribution in [3.63, 3.8) is 0 Å². The number of hydrogen-bond acceptors (Lipinski definition) is 3. The molecule has 0 atom stereocenters. The molecule has 0 saturated heterocycles. The van der Waals surface area contributed by atoms with E-state index in [1.165, 1.54) is 65.5 Å². The molecular weight excluding hydrogens is 669 g/mol. The van der Waals surface area contributed by atoms with Crippen LogP contribution in [0.4, 0.5) is 17.1 Å². The summed E-state index contributed by atoms with van der Waals surface area (Å²) >= 11 is 0. The molecule has 0 bridgehead atoms. The zero-order valence-electron chi connectivity index (χ0n) is 30.5. The van der Waals surface area contributed by atoms with Crippen molar-refractivity contribution in [1.82, 2.24) is 0 Å². The van der Waals surface area contributed by atoms with Crippen molar-refractivity contribution in [3.8, 4) is 34.1 Å². The Balaban J connectivity index is 1.09. The summed E-state index contributed by atoms with van der Waals surface area (Å²) in [4.78, 5) is 2.33. The molecule has 55 heavy (non-hydrogen) atoms. The van der Waals surface area contributed by atoms with Gasteiger partial charge in [0.25, 0.3) is 6.71 Å². The molecule has 0 saturated carbocycles. The summed E-state index contributed by atoms with van der Waals surface area (Å²) in [6.07, 6.45) is 0. The summed E-state index contributed by atoms with van der Waals surface area (Å²) in [5.74, 6) is 3.64. The average molecular weight is 704 g/mol. The van der Waals surface area contributed by atoms with Crippen LogP contribution in [0.5, 0.6) is 23.0 Å². The molecule has 2 aliphatic heterocycles. The Morgan fingerprint density at radius 2 is 1.00 bits per heavy atom. The number of rotatable bonds is 3. The third-order valence-electron chi connectivity index (χ3n) is 12.3. The number of ether oxygens (including phenoxy) is 2. The summed E-state index contributed by atoms with van der Waals surface area (Å²) < 4.78 is 14.2. The van der Waals surface area contributed by atoms with E-state index in [0.717, 1.165) is 45.5 Å². The molecule has 0 unspecified atom stereocenters. The Kier molecular flexibility index (Phi) is 6.20. The first-order valence-electron chi connectivity index (χ1n) is 19.1. The monoisotopic (exact) mass is 703 g/mol. The number of hydrogen-bond donors (Lipinski definition) is 0. The lowest BCUT2D eigenvalue weighted by Crippen LogP contribution is -2.58. The maximum absolute atomic E-state index is 7.24. The number of para-hydroxylation sites is 2. The van der Waals surface area contributed by atoms with E-state index in [-0.39, 0.29) is 12.1 Å². The summed E-state index contributed by atoms with van der Waals surface area (Å²) in [5.41, 5.74) is 11.5. The van der Waals surface area contributed by atoms with Crippen LogP contribution in [0.2, 0.25) is 0 Å². The third-order valence-corrected chi connectivity index (χ3v) is 12.3. The molecule has 0 radical (unpaired) electrons. The highest BCUT2D eigenvalue weighted by Gasteiger charge is 2.48. The van der Waals surface area contributed by atoms with Crippen molar-refractivity contribution >= 4 is 72.5 Å². The van der Waals surface area contributed by atoms with Gasteiger partial charge in [-0.05, 0) is 115 Å². The van der Waals surface area contributed by atoms with Crippen LogP contribution in [0.25, 0.3) is 43.4 Å². The molecule has 3 nitrogen and oxygen atoms in total. The number of nitrogens with zero attached hydrogens (tertiary/aromatic N) is 1. The van der Waals surface area contributed by atoms with Crippen molar-refractivity contribution in [2.24, 2.45) is 0 Å². The van der Waals surface area contributed by atoms with Crippen LogP contribution < -0.4 is 30.8 Å². The van der Waals surface area contributed by atoms with Gasteiger partial charge in [0, 0.05) is 33.5 Å². The summed E-state index contributed by atoms with van der Waals surface area (Å²) in [6, 6.07) is 61.2. The van der Waals surface area contributed by atoms with Gasteiger partial charge < -0.3 is 14.4 Å². The Hall–Kier alpha value is -6.78. The Labute approximate surface area is 320 Å². The maximum Gasteiger partial charge on any atom is 0.262 e.